The minimum atomic E-state index is -0.804. The zero-order valence-corrected chi connectivity index (χ0v) is 15.7. The van der Waals surface area contributed by atoms with E-state index in [9.17, 15) is 9.59 Å². The van der Waals surface area contributed by atoms with E-state index in [2.05, 4.69) is 43.4 Å². The van der Waals surface area contributed by atoms with Crippen LogP contribution in [0.2, 0.25) is 0 Å². The van der Waals surface area contributed by atoms with Crippen molar-refractivity contribution in [2.24, 2.45) is 5.92 Å². The predicted molar refractivity (Wildman–Crippen MR) is 101 cm³/mol. The summed E-state index contributed by atoms with van der Waals surface area (Å²) in [5.41, 5.74) is 1.37. The summed E-state index contributed by atoms with van der Waals surface area (Å²) in [4.78, 5) is 22.8. The summed E-state index contributed by atoms with van der Waals surface area (Å²) < 4.78 is 0. The van der Waals surface area contributed by atoms with Crippen LogP contribution in [0.1, 0.15) is 70.8 Å². The van der Waals surface area contributed by atoms with Gasteiger partial charge in [-0.25, -0.2) is 0 Å². The van der Waals surface area contributed by atoms with E-state index < -0.39 is 5.97 Å². The van der Waals surface area contributed by atoms with Crippen molar-refractivity contribution < 1.29 is 14.7 Å². The molecule has 1 aromatic rings. The van der Waals surface area contributed by atoms with Crippen molar-refractivity contribution in [1.29, 1.82) is 0 Å². The first kappa shape index (κ1) is 21.2. The molecular formula is C21H33NO3. The molecule has 140 valence electrons. The van der Waals surface area contributed by atoms with E-state index in [0.29, 0.717) is 18.8 Å². The Labute approximate surface area is 152 Å². The van der Waals surface area contributed by atoms with E-state index in [1.807, 2.05) is 6.07 Å². The smallest absolute Gasteiger partial charge is 0.303 e. The van der Waals surface area contributed by atoms with Gasteiger partial charge in [-0.1, -0.05) is 57.0 Å². The number of carbonyl (C=O) groups excluding carboxylic acids is 1. The molecule has 1 atom stereocenters. The van der Waals surface area contributed by atoms with Crippen molar-refractivity contribution in [3.63, 3.8) is 0 Å². The van der Waals surface area contributed by atoms with E-state index in [1.165, 1.54) is 5.56 Å². The van der Waals surface area contributed by atoms with Crippen molar-refractivity contribution in [1.82, 2.24) is 5.32 Å². The van der Waals surface area contributed by atoms with Gasteiger partial charge in [0.25, 0.3) is 0 Å². The van der Waals surface area contributed by atoms with Gasteiger partial charge in [0.2, 0.25) is 5.91 Å². The topological polar surface area (TPSA) is 66.4 Å². The number of carbonyl (C=O) groups is 2. The number of rotatable bonds is 13. The van der Waals surface area contributed by atoms with Crippen molar-refractivity contribution in [3.8, 4) is 0 Å². The van der Waals surface area contributed by atoms with Gasteiger partial charge in [-0.2, -0.15) is 0 Å². The summed E-state index contributed by atoms with van der Waals surface area (Å²) in [6.45, 7) is 4.18. The number of hydrogen-bond acceptors (Lipinski definition) is 2. The number of unbranched alkanes of at least 4 members (excludes halogenated alkanes) is 3. The highest BCUT2D eigenvalue weighted by atomic mass is 16.4. The first-order chi connectivity index (χ1) is 12.0. The zero-order chi connectivity index (χ0) is 18.5. The molecular weight excluding hydrogens is 314 g/mol. The second-order valence-corrected chi connectivity index (χ2v) is 7.23. The average Bonchev–Trinajstić information content (AvgIpc) is 2.56. The molecule has 0 aliphatic rings. The van der Waals surface area contributed by atoms with Crippen molar-refractivity contribution in [3.05, 3.63) is 35.9 Å². The first-order valence-electron chi connectivity index (χ1n) is 9.52. The Morgan fingerprint density at radius 1 is 1.00 bits per heavy atom. The van der Waals surface area contributed by atoms with Crippen LogP contribution >= 0.6 is 0 Å². The molecule has 0 radical (unpaired) electrons. The van der Waals surface area contributed by atoms with Crippen LogP contribution in [0.3, 0.4) is 0 Å². The Hall–Kier alpha value is -1.84. The molecule has 25 heavy (non-hydrogen) atoms. The molecule has 0 bridgehead atoms. The Kier molecular flexibility index (Phi) is 10.6. The molecule has 4 nitrogen and oxygen atoms in total. The fourth-order valence-corrected chi connectivity index (χ4v) is 3.03. The zero-order valence-electron chi connectivity index (χ0n) is 15.7. The van der Waals surface area contributed by atoms with Crippen LogP contribution < -0.4 is 5.32 Å². The molecule has 2 N–H and O–H groups in total. The molecule has 1 unspecified atom stereocenters. The number of aryl methyl sites for hydroxylation is 1. The van der Waals surface area contributed by atoms with Crippen molar-refractivity contribution >= 4 is 11.9 Å². The molecule has 0 aliphatic heterocycles. The number of amides is 1. The first-order valence-corrected chi connectivity index (χ1v) is 9.52. The van der Waals surface area contributed by atoms with Crippen LogP contribution in [-0.4, -0.2) is 23.0 Å². The molecule has 0 spiro atoms. The molecule has 4 heteroatoms. The second kappa shape index (κ2) is 12.5. The third-order valence-electron chi connectivity index (χ3n) is 4.29. The standard InChI is InChI=1S/C21H33NO3/c1-17(2)16-19(14-15-21(24)25)22-20(23)13-9-4-3-6-10-18-11-7-5-8-12-18/h5,7-8,11-12,17,19H,3-4,6,9-10,13-16H2,1-2H3,(H,22,23)(H,24,25). The number of aliphatic carboxylic acids is 1. The Balaban J connectivity index is 2.15. The van der Waals surface area contributed by atoms with Crippen LogP contribution in [0.4, 0.5) is 0 Å². The third-order valence-corrected chi connectivity index (χ3v) is 4.29. The van der Waals surface area contributed by atoms with Gasteiger partial charge < -0.3 is 10.4 Å². The van der Waals surface area contributed by atoms with Gasteiger partial charge in [0.15, 0.2) is 0 Å². The van der Waals surface area contributed by atoms with Gasteiger partial charge in [0, 0.05) is 18.9 Å². The van der Waals surface area contributed by atoms with E-state index in [1.54, 1.807) is 0 Å². The fourth-order valence-electron chi connectivity index (χ4n) is 3.03. The van der Waals surface area contributed by atoms with Gasteiger partial charge in [0.05, 0.1) is 0 Å². The van der Waals surface area contributed by atoms with Crippen LogP contribution in [0, 0.1) is 5.92 Å². The van der Waals surface area contributed by atoms with Gasteiger partial charge in [-0.3, -0.25) is 9.59 Å². The highest BCUT2D eigenvalue weighted by Crippen LogP contribution is 2.12. The number of benzene rings is 1. The van der Waals surface area contributed by atoms with Gasteiger partial charge in [-0.05, 0) is 43.6 Å². The van der Waals surface area contributed by atoms with Crippen LogP contribution in [0.15, 0.2) is 30.3 Å². The minimum absolute atomic E-state index is 0.0262. The summed E-state index contributed by atoms with van der Waals surface area (Å²) in [5, 5.41) is 11.8. The number of carboxylic acid groups (broad SMARTS) is 1. The fraction of sp³-hybridized carbons (Fsp3) is 0.619. The number of carboxylic acids is 1. The third kappa shape index (κ3) is 11.4. The Morgan fingerprint density at radius 3 is 2.32 bits per heavy atom. The van der Waals surface area contributed by atoms with E-state index in [-0.39, 0.29) is 18.4 Å². The largest absolute Gasteiger partial charge is 0.481 e. The lowest BCUT2D eigenvalue weighted by atomic mass is 9.99. The van der Waals surface area contributed by atoms with Gasteiger partial charge in [-0.15, -0.1) is 0 Å². The summed E-state index contributed by atoms with van der Waals surface area (Å²) in [6.07, 6.45) is 7.32. The van der Waals surface area contributed by atoms with Crippen molar-refractivity contribution in [2.45, 2.75) is 77.7 Å². The molecule has 0 saturated heterocycles. The molecule has 1 rings (SSSR count). The maximum Gasteiger partial charge on any atom is 0.303 e. The normalized spacial score (nSPS) is 12.1. The lowest BCUT2D eigenvalue weighted by Gasteiger charge is -2.20. The summed E-state index contributed by atoms with van der Waals surface area (Å²) in [7, 11) is 0. The SMILES string of the molecule is CC(C)CC(CCC(=O)O)NC(=O)CCCCCCc1ccccc1. The second-order valence-electron chi connectivity index (χ2n) is 7.23. The molecule has 0 heterocycles. The van der Waals surface area contributed by atoms with E-state index in [0.717, 1.165) is 38.5 Å². The van der Waals surface area contributed by atoms with Crippen molar-refractivity contribution in [2.75, 3.05) is 0 Å². The maximum atomic E-state index is 12.1. The Bertz CT molecular complexity index is 499. The average molecular weight is 347 g/mol. The summed E-state index contributed by atoms with van der Waals surface area (Å²) in [6, 6.07) is 10.4. The molecule has 0 aromatic heterocycles. The molecule has 0 saturated carbocycles. The van der Waals surface area contributed by atoms with Gasteiger partial charge in [0.1, 0.15) is 0 Å². The van der Waals surface area contributed by atoms with Crippen LogP contribution in [-0.2, 0) is 16.0 Å². The lowest BCUT2D eigenvalue weighted by Crippen LogP contribution is -2.36. The predicted octanol–water partition coefficient (Wildman–Crippen LogP) is 4.58. The Morgan fingerprint density at radius 2 is 1.68 bits per heavy atom. The van der Waals surface area contributed by atoms with E-state index in [4.69, 9.17) is 5.11 Å². The highest BCUT2D eigenvalue weighted by Gasteiger charge is 2.15. The quantitative estimate of drug-likeness (QED) is 0.513. The monoisotopic (exact) mass is 347 g/mol. The molecule has 1 amide bonds. The summed E-state index contributed by atoms with van der Waals surface area (Å²) in [5.74, 6) is -0.308. The van der Waals surface area contributed by atoms with Crippen LogP contribution in [0.5, 0.6) is 0 Å². The van der Waals surface area contributed by atoms with Crippen LogP contribution in [0.25, 0.3) is 0 Å². The lowest BCUT2D eigenvalue weighted by molar-refractivity contribution is -0.137. The maximum absolute atomic E-state index is 12.1. The molecule has 1 aromatic carbocycles. The van der Waals surface area contributed by atoms with Gasteiger partial charge >= 0.3 is 5.97 Å². The highest BCUT2D eigenvalue weighted by molar-refractivity contribution is 5.76. The number of hydrogen-bond donors (Lipinski definition) is 2. The number of nitrogens with one attached hydrogen (secondary N) is 1. The summed E-state index contributed by atoms with van der Waals surface area (Å²) >= 11 is 0. The molecule has 0 aliphatic carbocycles. The molecule has 0 fully saturated rings. The minimum Gasteiger partial charge on any atom is -0.481 e. The van der Waals surface area contributed by atoms with E-state index >= 15 is 0 Å².